The summed E-state index contributed by atoms with van der Waals surface area (Å²) in [4.78, 5) is 11.7. The second-order valence-corrected chi connectivity index (χ2v) is 4.55. The monoisotopic (exact) mass is 260 g/mol. The lowest BCUT2D eigenvalue weighted by Crippen LogP contribution is -2.14. The molecule has 0 saturated heterocycles. The molecule has 0 saturated carbocycles. The smallest absolute Gasteiger partial charge is 0.229 e. The Hall–Kier alpha value is -2.19. The number of hydrogen-bond acceptors (Lipinski definition) is 3. The van der Waals surface area contributed by atoms with E-state index in [0.29, 0.717) is 16.1 Å². The van der Waals surface area contributed by atoms with E-state index in [1.165, 1.54) is 23.5 Å². The molecule has 1 aromatic carbocycles. The zero-order valence-electron chi connectivity index (χ0n) is 9.31. The summed E-state index contributed by atoms with van der Waals surface area (Å²) in [6.45, 7) is 0. The summed E-state index contributed by atoms with van der Waals surface area (Å²) in [6, 6.07) is 9.52. The van der Waals surface area contributed by atoms with Crippen LogP contribution in [0.1, 0.15) is 11.1 Å². The molecule has 0 radical (unpaired) electrons. The standard InChI is InChI=1S/C13H9FN2OS/c14-11-3-1-2-9(6-11)7-12(17)16-13-10(8-15)4-5-18-13/h1-6H,7H2,(H,16,17). The Labute approximate surface area is 107 Å². The first kappa shape index (κ1) is 12.3. The zero-order valence-corrected chi connectivity index (χ0v) is 10.1. The number of carbonyl (C=O) groups is 1. The van der Waals surface area contributed by atoms with Gasteiger partial charge in [-0.25, -0.2) is 4.39 Å². The van der Waals surface area contributed by atoms with E-state index in [0.717, 1.165) is 0 Å². The highest BCUT2D eigenvalue weighted by Gasteiger charge is 2.09. The van der Waals surface area contributed by atoms with Gasteiger partial charge in [-0.3, -0.25) is 4.79 Å². The Morgan fingerprint density at radius 3 is 3.00 bits per heavy atom. The molecule has 1 heterocycles. The molecule has 0 aliphatic heterocycles. The molecule has 1 aromatic heterocycles. The van der Waals surface area contributed by atoms with E-state index in [9.17, 15) is 9.18 Å². The molecule has 18 heavy (non-hydrogen) atoms. The molecule has 0 aliphatic rings. The van der Waals surface area contributed by atoms with Crippen molar-refractivity contribution in [2.45, 2.75) is 6.42 Å². The maximum absolute atomic E-state index is 12.9. The summed E-state index contributed by atoms with van der Waals surface area (Å²) in [5.41, 5.74) is 1.04. The van der Waals surface area contributed by atoms with E-state index in [-0.39, 0.29) is 18.1 Å². The fraction of sp³-hybridized carbons (Fsp3) is 0.0769. The number of nitrogens with one attached hydrogen (secondary N) is 1. The van der Waals surface area contributed by atoms with Crippen LogP contribution in [0.2, 0.25) is 0 Å². The van der Waals surface area contributed by atoms with Crippen molar-refractivity contribution in [2.24, 2.45) is 0 Å². The Morgan fingerprint density at radius 1 is 1.44 bits per heavy atom. The van der Waals surface area contributed by atoms with Crippen molar-refractivity contribution in [1.82, 2.24) is 0 Å². The topological polar surface area (TPSA) is 52.9 Å². The fourth-order valence-electron chi connectivity index (χ4n) is 1.50. The van der Waals surface area contributed by atoms with E-state index in [1.54, 1.807) is 23.6 Å². The number of nitriles is 1. The van der Waals surface area contributed by atoms with Crippen LogP contribution in [0.3, 0.4) is 0 Å². The van der Waals surface area contributed by atoms with Gasteiger partial charge < -0.3 is 5.32 Å². The highest BCUT2D eigenvalue weighted by molar-refractivity contribution is 7.14. The molecule has 0 atom stereocenters. The van der Waals surface area contributed by atoms with Crippen molar-refractivity contribution in [2.75, 3.05) is 5.32 Å². The van der Waals surface area contributed by atoms with Crippen LogP contribution in [0.5, 0.6) is 0 Å². The first-order valence-corrected chi connectivity index (χ1v) is 6.09. The number of benzene rings is 1. The first-order valence-electron chi connectivity index (χ1n) is 5.21. The number of carbonyl (C=O) groups excluding carboxylic acids is 1. The van der Waals surface area contributed by atoms with E-state index < -0.39 is 0 Å². The van der Waals surface area contributed by atoms with Gasteiger partial charge in [-0.15, -0.1) is 11.3 Å². The quantitative estimate of drug-likeness (QED) is 0.922. The van der Waals surface area contributed by atoms with Crippen LogP contribution in [-0.4, -0.2) is 5.91 Å². The first-order chi connectivity index (χ1) is 8.69. The molecule has 0 spiro atoms. The molecular weight excluding hydrogens is 251 g/mol. The van der Waals surface area contributed by atoms with Gasteiger partial charge in [0.25, 0.3) is 0 Å². The number of thiophene rings is 1. The molecule has 3 nitrogen and oxygen atoms in total. The van der Waals surface area contributed by atoms with Crippen molar-refractivity contribution in [1.29, 1.82) is 5.26 Å². The van der Waals surface area contributed by atoms with Gasteiger partial charge in [0.05, 0.1) is 12.0 Å². The van der Waals surface area contributed by atoms with Crippen LogP contribution in [0, 0.1) is 17.1 Å². The molecule has 2 aromatic rings. The summed E-state index contributed by atoms with van der Waals surface area (Å²) >= 11 is 1.29. The van der Waals surface area contributed by atoms with Crippen molar-refractivity contribution in [3.05, 3.63) is 52.7 Å². The SMILES string of the molecule is N#Cc1ccsc1NC(=O)Cc1cccc(F)c1. The predicted molar refractivity (Wildman–Crippen MR) is 67.8 cm³/mol. The lowest BCUT2D eigenvalue weighted by Gasteiger charge is -2.03. The lowest BCUT2D eigenvalue weighted by atomic mass is 10.1. The normalized spacial score (nSPS) is 9.78. The third kappa shape index (κ3) is 2.93. The summed E-state index contributed by atoms with van der Waals surface area (Å²) < 4.78 is 12.9. The molecule has 0 aliphatic carbocycles. The largest absolute Gasteiger partial charge is 0.316 e. The zero-order chi connectivity index (χ0) is 13.0. The molecule has 0 fully saturated rings. The molecule has 2 rings (SSSR count). The molecule has 0 unspecified atom stereocenters. The lowest BCUT2D eigenvalue weighted by molar-refractivity contribution is -0.115. The minimum absolute atomic E-state index is 0.0839. The van der Waals surface area contributed by atoms with Crippen molar-refractivity contribution in [3.8, 4) is 6.07 Å². The molecule has 1 amide bonds. The summed E-state index contributed by atoms with van der Waals surface area (Å²) in [5, 5.41) is 13.7. The number of rotatable bonds is 3. The maximum atomic E-state index is 12.9. The van der Waals surface area contributed by atoms with Crippen LogP contribution in [0.25, 0.3) is 0 Å². The van der Waals surface area contributed by atoms with Crippen LogP contribution >= 0.6 is 11.3 Å². The summed E-state index contributed by atoms with van der Waals surface area (Å²) in [5.74, 6) is -0.631. The van der Waals surface area contributed by atoms with E-state index in [2.05, 4.69) is 5.32 Å². The second kappa shape index (κ2) is 5.43. The average molecular weight is 260 g/mol. The predicted octanol–water partition coefficient (Wildman–Crippen LogP) is 2.94. The van der Waals surface area contributed by atoms with Gasteiger partial charge in [-0.2, -0.15) is 5.26 Å². The molecule has 5 heteroatoms. The van der Waals surface area contributed by atoms with Crippen molar-refractivity contribution in [3.63, 3.8) is 0 Å². The van der Waals surface area contributed by atoms with E-state index in [4.69, 9.17) is 5.26 Å². The highest BCUT2D eigenvalue weighted by Crippen LogP contribution is 2.22. The third-order valence-corrected chi connectivity index (χ3v) is 3.12. The number of hydrogen-bond donors (Lipinski definition) is 1. The van der Waals surface area contributed by atoms with Crippen molar-refractivity contribution >= 4 is 22.2 Å². The van der Waals surface area contributed by atoms with Gasteiger partial charge in [0.1, 0.15) is 16.9 Å². The Bertz CT molecular complexity index is 615. The maximum Gasteiger partial charge on any atom is 0.229 e. The number of nitrogens with zero attached hydrogens (tertiary/aromatic N) is 1. The Morgan fingerprint density at radius 2 is 2.28 bits per heavy atom. The van der Waals surface area contributed by atoms with Gasteiger partial charge >= 0.3 is 0 Å². The van der Waals surface area contributed by atoms with E-state index in [1.807, 2.05) is 6.07 Å². The Balaban J connectivity index is 2.04. The van der Waals surface area contributed by atoms with Gasteiger partial charge in [0.15, 0.2) is 0 Å². The molecule has 1 N–H and O–H groups in total. The third-order valence-electron chi connectivity index (χ3n) is 2.29. The minimum Gasteiger partial charge on any atom is -0.316 e. The number of halogens is 1. The van der Waals surface area contributed by atoms with Gasteiger partial charge in [0, 0.05) is 0 Å². The van der Waals surface area contributed by atoms with Crippen LogP contribution < -0.4 is 5.32 Å². The van der Waals surface area contributed by atoms with Gasteiger partial charge in [-0.1, -0.05) is 12.1 Å². The number of amides is 1. The second-order valence-electron chi connectivity index (χ2n) is 3.63. The molecule has 0 bridgehead atoms. The van der Waals surface area contributed by atoms with Crippen molar-refractivity contribution < 1.29 is 9.18 Å². The summed E-state index contributed by atoms with van der Waals surface area (Å²) in [7, 11) is 0. The highest BCUT2D eigenvalue weighted by atomic mass is 32.1. The Kier molecular flexibility index (Phi) is 3.70. The van der Waals surface area contributed by atoms with Crippen LogP contribution in [-0.2, 0) is 11.2 Å². The average Bonchev–Trinajstić information content (AvgIpc) is 2.76. The van der Waals surface area contributed by atoms with Crippen LogP contribution in [0.15, 0.2) is 35.7 Å². The van der Waals surface area contributed by atoms with Gasteiger partial charge in [0.2, 0.25) is 5.91 Å². The molecular formula is C13H9FN2OS. The molecule has 90 valence electrons. The minimum atomic E-state index is -0.367. The van der Waals surface area contributed by atoms with E-state index >= 15 is 0 Å². The summed E-state index contributed by atoms with van der Waals surface area (Å²) in [6.07, 6.45) is 0.0839. The number of anilines is 1. The van der Waals surface area contributed by atoms with Crippen LogP contribution in [0.4, 0.5) is 9.39 Å². The van der Waals surface area contributed by atoms with Gasteiger partial charge in [-0.05, 0) is 29.1 Å². The fourth-order valence-corrected chi connectivity index (χ4v) is 2.25.